The van der Waals surface area contributed by atoms with Crippen LogP contribution >= 0.6 is 11.6 Å². The zero-order valence-electron chi connectivity index (χ0n) is 18.4. The average Bonchev–Trinajstić information content (AvgIpc) is 3.48. The van der Waals surface area contributed by atoms with Gasteiger partial charge >= 0.3 is 6.09 Å². The molecule has 7 nitrogen and oxygen atoms in total. The highest BCUT2D eigenvalue weighted by atomic mass is 35.5. The zero-order valence-corrected chi connectivity index (χ0v) is 19.1. The van der Waals surface area contributed by atoms with Crippen LogP contribution in [-0.2, 0) is 6.54 Å². The van der Waals surface area contributed by atoms with E-state index in [0.717, 1.165) is 16.5 Å². The molecular formula is C25H24ClN3O4. The van der Waals surface area contributed by atoms with E-state index < -0.39 is 12.0 Å². The summed E-state index contributed by atoms with van der Waals surface area (Å²) >= 11 is 6.00. The molecule has 0 spiro atoms. The molecule has 0 radical (unpaired) electrons. The molecule has 33 heavy (non-hydrogen) atoms. The Hall–Kier alpha value is -3.71. The number of ether oxygens (including phenoxy) is 1. The van der Waals surface area contributed by atoms with Gasteiger partial charge in [-0.1, -0.05) is 23.7 Å². The van der Waals surface area contributed by atoms with Crippen LogP contribution in [0, 0.1) is 0 Å². The maximum absolute atomic E-state index is 12.8. The van der Waals surface area contributed by atoms with Crippen molar-refractivity contribution in [3.8, 4) is 5.75 Å². The third-order valence-corrected chi connectivity index (χ3v) is 5.64. The monoisotopic (exact) mass is 465 g/mol. The van der Waals surface area contributed by atoms with E-state index in [4.69, 9.17) is 20.8 Å². The number of fused-ring (bicyclic) bond motifs is 1. The Bertz CT molecular complexity index is 1260. The fourth-order valence-electron chi connectivity index (χ4n) is 3.61. The minimum atomic E-state index is -0.478. The van der Waals surface area contributed by atoms with E-state index in [0.29, 0.717) is 30.3 Å². The van der Waals surface area contributed by atoms with Crippen molar-refractivity contribution in [1.29, 1.82) is 0 Å². The first kappa shape index (κ1) is 22.5. The molecule has 0 unspecified atom stereocenters. The Balaban J connectivity index is 1.72. The van der Waals surface area contributed by atoms with Crippen molar-refractivity contribution < 1.29 is 18.7 Å². The number of rotatable bonds is 7. The Morgan fingerprint density at radius 3 is 2.48 bits per heavy atom. The summed E-state index contributed by atoms with van der Waals surface area (Å²) < 4.78 is 13.0. The molecule has 0 saturated heterocycles. The first-order valence-corrected chi connectivity index (χ1v) is 11.1. The van der Waals surface area contributed by atoms with Crippen molar-refractivity contribution in [1.82, 2.24) is 9.47 Å². The van der Waals surface area contributed by atoms with E-state index in [-0.39, 0.29) is 11.5 Å². The van der Waals surface area contributed by atoms with Gasteiger partial charge in [-0.2, -0.15) is 0 Å². The van der Waals surface area contributed by atoms with Crippen molar-refractivity contribution in [2.75, 3.05) is 18.4 Å². The number of nitrogens with one attached hydrogen (secondary N) is 1. The van der Waals surface area contributed by atoms with Gasteiger partial charge in [0.25, 0.3) is 5.91 Å². The van der Waals surface area contributed by atoms with Crippen molar-refractivity contribution in [3.63, 3.8) is 0 Å². The van der Waals surface area contributed by atoms with Crippen LogP contribution in [0.4, 0.5) is 10.5 Å². The standard InChI is InChI=1S/C25H24ClN3O4/c1-3-28(4-2)25(31)33-21-12-11-20-19(23(21)27-24(30)22-6-5-15-32-22)13-14-29(20)16-17-7-9-18(26)10-8-17/h5-15H,3-4,16H2,1-2H3,(H,27,30). The Labute approximate surface area is 196 Å². The lowest BCUT2D eigenvalue weighted by molar-refractivity contribution is 0.0996. The molecule has 2 amide bonds. The van der Waals surface area contributed by atoms with E-state index >= 15 is 0 Å². The fourth-order valence-corrected chi connectivity index (χ4v) is 3.74. The predicted molar refractivity (Wildman–Crippen MR) is 128 cm³/mol. The topological polar surface area (TPSA) is 76.7 Å². The van der Waals surface area contributed by atoms with Gasteiger partial charge in [0.15, 0.2) is 11.5 Å². The lowest BCUT2D eigenvalue weighted by atomic mass is 10.2. The fraction of sp³-hybridized carbons (Fsp3) is 0.200. The van der Waals surface area contributed by atoms with Gasteiger partial charge in [-0.25, -0.2) is 4.79 Å². The number of anilines is 1. The molecule has 0 fully saturated rings. The molecule has 0 bridgehead atoms. The smallest absolute Gasteiger partial charge is 0.415 e. The highest BCUT2D eigenvalue weighted by molar-refractivity contribution is 6.30. The summed E-state index contributed by atoms with van der Waals surface area (Å²) in [6.07, 6.45) is 2.88. The molecule has 170 valence electrons. The summed E-state index contributed by atoms with van der Waals surface area (Å²) in [5, 5.41) is 4.29. The molecule has 4 rings (SSSR count). The number of carbonyl (C=O) groups is 2. The largest absolute Gasteiger partial charge is 0.459 e. The molecule has 2 heterocycles. The number of hydrogen-bond donors (Lipinski definition) is 1. The second-order valence-electron chi connectivity index (χ2n) is 7.41. The van der Waals surface area contributed by atoms with Crippen molar-refractivity contribution in [2.24, 2.45) is 0 Å². The normalized spacial score (nSPS) is 10.9. The van der Waals surface area contributed by atoms with Crippen LogP contribution < -0.4 is 10.1 Å². The summed E-state index contributed by atoms with van der Waals surface area (Å²) in [6.45, 7) is 5.41. The number of nitrogens with zero attached hydrogens (tertiary/aromatic N) is 2. The zero-order chi connectivity index (χ0) is 23.4. The average molecular weight is 466 g/mol. The molecule has 1 N–H and O–H groups in total. The van der Waals surface area contributed by atoms with Gasteiger partial charge in [-0.15, -0.1) is 0 Å². The summed E-state index contributed by atoms with van der Waals surface area (Å²) in [4.78, 5) is 26.9. The minimum absolute atomic E-state index is 0.161. The van der Waals surface area contributed by atoms with E-state index in [2.05, 4.69) is 9.88 Å². The Morgan fingerprint density at radius 1 is 1.06 bits per heavy atom. The third kappa shape index (κ3) is 4.88. The molecular weight excluding hydrogens is 442 g/mol. The number of hydrogen-bond acceptors (Lipinski definition) is 4. The molecule has 8 heteroatoms. The summed E-state index contributed by atoms with van der Waals surface area (Å²) in [6, 6.07) is 16.3. The highest BCUT2D eigenvalue weighted by Gasteiger charge is 2.20. The minimum Gasteiger partial charge on any atom is -0.459 e. The van der Waals surface area contributed by atoms with Gasteiger partial charge in [-0.05, 0) is 61.9 Å². The predicted octanol–water partition coefficient (Wildman–Crippen LogP) is 6.03. The van der Waals surface area contributed by atoms with Crippen LogP contribution in [0.25, 0.3) is 10.9 Å². The molecule has 2 aromatic heterocycles. The van der Waals surface area contributed by atoms with Crippen LogP contribution in [0.2, 0.25) is 5.02 Å². The van der Waals surface area contributed by atoms with Gasteiger partial charge in [0.1, 0.15) is 0 Å². The van der Waals surface area contributed by atoms with Gasteiger partial charge in [0.05, 0.1) is 17.5 Å². The van der Waals surface area contributed by atoms with E-state index in [9.17, 15) is 9.59 Å². The maximum atomic E-state index is 12.8. The van der Waals surface area contributed by atoms with E-state index in [1.165, 1.54) is 6.26 Å². The molecule has 4 aromatic rings. The van der Waals surface area contributed by atoms with E-state index in [1.807, 2.05) is 56.4 Å². The summed E-state index contributed by atoms with van der Waals surface area (Å²) in [5.74, 6) is -0.00439. The Morgan fingerprint density at radius 2 is 1.82 bits per heavy atom. The summed E-state index contributed by atoms with van der Waals surface area (Å²) in [7, 11) is 0. The maximum Gasteiger partial charge on any atom is 0.415 e. The van der Waals surface area contributed by atoms with Crippen LogP contribution in [0.3, 0.4) is 0 Å². The van der Waals surface area contributed by atoms with E-state index in [1.54, 1.807) is 23.1 Å². The summed E-state index contributed by atoms with van der Waals surface area (Å²) in [5.41, 5.74) is 2.36. The van der Waals surface area contributed by atoms with Crippen LogP contribution in [0.1, 0.15) is 30.0 Å². The number of furan rings is 1. The second-order valence-corrected chi connectivity index (χ2v) is 7.85. The van der Waals surface area contributed by atoms with Crippen molar-refractivity contribution in [2.45, 2.75) is 20.4 Å². The van der Waals surface area contributed by atoms with Crippen LogP contribution in [-0.4, -0.2) is 34.6 Å². The molecule has 0 atom stereocenters. The van der Waals surface area contributed by atoms with Crippen molar-refractivity contribution >= 4 is 40.2 Å². The Kier molecular flexibility index (Phi) is 6.70. The van der Waals surface area contributed by atoms with Crippen molar-refractivity contribution in [3.05, 3.63) is 83.4 Å². The molecule has 0 saturated carbocycles. The SMILES string of the molecule is CCN(CC)C(=O)Oc1ccc2c(ccn2Cc2ccc(Cl)cc2)c1NC(=O)c1ccco1. The van der Waals surface area contributed by atoms with Gasteiger partial charge in [-0.3, -0.25) is 4.79 Å². The highest BCUT2D eigenvalue weighted by Crippen LogP contribution is 2.35. The molecule has 2 aromatic carbocycles. The number of carbonyl (C=O) groups excluding carboxylic acids is 2. The number of aromatic nitrogens is 1. The van der Waals surface area contributed by atoms with Gasteiger partial charge in [0.2, 0.25) is 0 Å². The second kappa shape index (κ2) is 9.83. The lowest BCUT2D eigenvalue weighted by Crippen LogP contribution is -2.33. The molecule has 0 aliphatic carbocycles. The third-order valence-electron chi connectivity index (χ3n) is 5.38. The number of halogens is 1. The number of amides is 2. The van der Waals surface area contributed by atoms with Gasteiger partial charge in [0, 0.05) is 36.2 Å². The lowest BCUT2D eigenvalue weighted by Gasteiger charge is -2.19. The quantitative estimate of drug-likeness (QED) is 0.361. The van der Waals surface area contributed by atoms with Crippen LogP contribution in [0.15, 0.2) is 71.5 Å². The van der Waals surface area contributed by atoms with Crippen LogP contribution in [0.5, 0.6) is 5.75 Å². The number of benzene rings is 2. The van der Waals surface area contributed by atoms with Gasteiger partial charge < -0.3 is 23.9 Å². The molecule has 0 aliphatic heterocycles. The first-order chi connectivity index (χ1) is 16.0. The molecule has 0 aliphatic rings. The first-order valence-electron chi connectivity index (χ1n) is 10.7.